The lowest BCUT2D eigenvalue weighted by molar-refractivity contribution is 0.102. The van der Waals surface area contributed by atoms with E-state index >= 15 is 0 Å². The molecule has 4 rings (SSSR count). The van der Waals surface area contributed by atoms with Gasteiger partial charge in [-0.05, 0) is 60.5 Å². The van der Waals surface area contributed by atoms with Crippen LogP contribution in [0, 0.1) is 6.92 Å². The number of ether oxygens (including phenoxy) is 2. The predicted octanol–water partition coefficient (Wildman–Crippen LogP) is 5.04. The van der Waals surface area contributed by atoms with E-state index in [1.807, 2.05) is 19.1 Å². The summed E-state index contributed by atoms with van der Waals surface area (Å²) in [5.41, 5.74) is 2.32. The molecule has 0 saturated carbocycles. The Balaban J connectivity index is 1.86. The highest BCUT2D eigenvalue weighted by Crippen LogP contribution is 2.31. The van der Waals surface area contributed by atoms with E-state index in [0.29, 0.717) is 33.6 Å². The molecule has 156 valence electrons. The number of rotatable bonds is 5. The number of methoxy groups -OCH3 is 2. The molecule has 31 heavy (non-hydrogen) atoms. The first-order valence-electron chi connectivity index (χ1n) is 9.68. The highest BCUT2D eigenvalue weighted by molar-refractivity contribution is 6.06. The lowest BCUT2D eigenvalue weighted by Crippen LogP contribution is -2.16. The third kappa shape index (κ3) is 3.88. The molecule has 1 amide bonds. The molecule has 0 fully saturated rings. The topological polar surface area (TPSA) is 77.8 Å². The van der Waals surface area contributed by atoms with Gasteiger partial charge in [-0.15, -0.1) is 0 Å². The molecule has 6 heteroatoms. The van der Waals surface area contributed by atoms with E-state index in [9.17, 15) is 9.59 Å². The number of anilines is 1. The van der Waals surface area contributed by atoms with Crippen LogP contribution in [0.4, 0.5) is 5.88 Å². The van der Waals surface area contributed by atoms with Crippen molar-refractivity contribution in [1.82, 2.24) is 0 Å². The van der Waals surface area contributed by atoms with Crippen LogP contribution in [0.25, 0.3) is 22.1 Å². The smallest absolute Gasteiger partial charge is 0.257 e. The Kier molecular flexibility index (Phi) is 5.45. The molecule has 4 aromatic rings. The fraction of sp³-hybridized carbons (Fsp3) is 0.120. The number of nitrogens with one attached hydrogen (secondary N) is 1. The van der Waals surface area contributed by atoms with Crippen LogP contribution in [-0.2, 0) is 0 Å². The number of benzene rings is 3. The minimum absolute atomic E-state index is 0.0952. The minimum atomic E-state index is -0.395. The highest BCUT2D eigenvalue weighted by Gasteiger charge is 2.20. The summed E-state index contributed by atoms with van der Waals surface area (Å²) in [6, 6.07) is 19.1. The summed E-state index contributed by atoms with van der Waals surface area (Å²) in [7, 11) is 3.13. The Labute approximate surface area is 179 Å². The lowest BCUT2D eigenvalue weighted by atomic mass is 10.0. The van der Waals surface area contributed by atoms with E-state index in [4.69, 9.17) is 13.9 Å². The van der Waals surface area contributed by atoms with E-state index in [2.05, 4.69) is 5.32 Å². The first-order chi connectivity index (χ1) is 15.0. The van der Waals surface area contributed by atoms with Crippen LogP contribution in [0.1, 0.15) is 15.9 Å². The zero-order valence-electron chi connectivity index (χ0n) is 17.4. The summed E-state index contributed by atoms with van der Waals surface area (Å²) < 4.78 is 16.4. The van der Waals surface area contributed by atoms with Crippen molar-refractivity contribution in [3.05, 3.63) is 88.1 Å². The van der Waals surface area contributed by atoms with Gasteiger partial charge in [0, 0.05) is 5.56 Å². The normalized spacial score (nSPS) is 10.7. The van der Waals surface area contributed by atoms with Crippen LogP contribution in [0.15, 0.2) is 75.9 Å². The molecule has 1 heterocycles. The first-order valence-corrected chi connectivity index (χ1v) is 9.68. The molecule has 1 N–H and O–H groups in total. The zero-order chi connectivity index (χ0) is 22.0. The third-order valence-electron chi connectivity index (χ3n) is 5.07. The molecule has 1 aromatic heterocycles. The Bertz CT molecular complexity index is 1310. The average molecular weight is 415 g/mol. The molecular formula is C25H21NO5. The van der Waals surface area contributed by atoms with E-state index in [-0.39, 0.29) is 16.9 Å². The number of hydrogen-bond donors (Lipinski definition) is 1. The molecule has 0 spiro atoms. The molecule has 0 aliphatic rings. The summed E-state index contributed by atoms with van der Waals surface area (Å²) in [4.78, 5) is 26.3. The van der Waals surface area contributed by atoms with Crippen molar-refractivity contribution in [3.8, 4) is 22.6 Å². The van der Waals surface area contributed by atoms with Gasteiger partial charge >= 0.3 is 0 Å². The van der Waals surface area contributed by atoms with Crippen LogP contribution in [0.2, 0.25) is 0 Å². The SMILES string of the molecule is COc1ccc(C(=O)Nc2oc3c(C)cccc3c(=O)c2-c2ccc(OC)cc2)cc1. The summed E-state index contributed by atoms with van der Waals surface area (Å²) >= 11 is 0. The van der Waals surface area contributed by atoms with Crippen LogP contribution >= 0.6 is 0 Å². The Morgan fingerprint density at radius 1 is 0.871 bits per heavy atom. The molecule has 6 nitrogen and oxygen atoms in total. The summed E-state index contributed by atoms with van der Waals surface area (Å²) in [6.45, 7) is 1.85. The second kappa shape index (κ2) is 8.36. The zero-order valence-corrected chi connectivity index (χ0v) is 17.4. The van der Waals surface area contributed by atoms with Crippen LogP contribution in [0.3, 0.4) is 0 Å². The van der Waals surface area contributed by atoms with Crippen molar-refractivity contribution in [2.24, 2.45) is 0 Å². The number of carbonyl (C=O) groups is 1. The Hall–Kier alpha value is -4.06. The lowest BCUT2D eigenvalue weighted by Gasteiger charge is -2.13. The Morgan fingerprint density at radius 3 is 2.10 bits per heavy atom. The molecule has 0 unspecified atom stereocenters. The monoisotopic (exact) mass is 415 g/mol. The van der Waals surface area contributed by atoms with E-state index in [1.54, 1.807) is 68.8 Å². The second-order valence-electron chi connectivity index (χ2n) is 7.00. The number of fused-ring (bicyclic) bond motifs is 1. The molecule has 0 atom stereocenters. The quantitative estimate of drug-likeness (QED) is 0.494. The standard InChI is InChI=1S/C25H21NO5/c1-15-5-4-6-20-22(27)21(16-7-11-18(29-2)12-8-16)25(31-23(15)20)26-24(28)17-9-13-19(30-3)14-10-17/h4-14H,1-3H3,(H,26,28). The van der Waals surface area contributed by atoms with Gasteiger partial charge in [0.2, 0.25) is 11.3 Å². The van der Waals surface area contributed by atoms with Crippen molar-refractivity contribution < 1.29 is 18.7 Å². The molecule has 0 aliphatic carbocycles. The number of para-hydroxylation sites is 1. The molecule has 3 aromatic carbocycles. The number of amides is 1. The van der Waals surface area contributed by atoms with Crippen molar-refractivity contribution >= 4 is 22.8 Å². The van der Waals surface area contributed by atoms with E-state index in [1.165, 1.54) is 0 Å². The molecule has 0 bridgehead atoms. The van der Waals surface area contributed by atoms with Crippen molar-refractivity contribution in [2.45, 2.75) is 6.92 Å². The highest BCUT2D eigenvalue weighted by atomic mass is 16.5. The summed E-state index contributed by atoms with van der Waals surface area (Å²) in [5, 5.41) is 3.23. The second-order valence-corrected chi connectivity index (χ2v) is 7.00. The van der Waals surface area contributed by atoms with Crippen LogP contribution < -0.4 is 20.2 Å². The van der Waals surface area contributed by atoms with E-state index < -0.39 is 5.91 Å². The van der Waals surface area contributed by atoms with Gasteiger partial charge in [-0.25, -0.2) is 0 Å². The van der Waals surface area contributed by atoms with Gasteiger partial charge in [0.25, 0.3) is 5.91 Å². The van der Waals surface area contributed by atoms with Crippen molar-refractivity contribution in [2.75, 3.05) is 19.5 Å². The third-order valence-corrected chi connectivity index (χ3v) is 5.07. The predicted molar refractivity (Wildman–Crippen MR) is 120 cm³/mol. The first kappa shape index (κ1) is 20.2. The number of aryl methyl sites for hydroxylation is 1. The summed E-state index contributed by atoms with van der Waals surface area (Å²) in [5.74, 6) is 1.00. The maximum Gasteiger partial charge on any atom is 0.257 e. The molecule has 0 aliphatic heterocycles. The maximum absolute atomic E-state index is 13.4. The number of hydrogen-bond acceptors (Lipinski definition) is 5. The summed E-state index contributed by atoms with van der Waals surface area (Å²) in [6.07, 6.45) is 0. The average Bonchev–Trinajstić information content (AvgIpc) is 2.80. The Morgan fingerprint density at radius 2 is 1.48 bits per heavy atom. The maximum atomic E-state index is 13.4. The van der Waals surface area contributed by atoms with Gasteiger partial charge in [0.1, 0.15) is 17.1 Å². The van der Waals surface area contributed by atoms with Crippen LogP contribution in [0.5, 0.6) is 11.5 Å². The largest absolute Gasteiger partial charge is 0.497 e. The van der Waals surface area contributed by atoms with Crippen molar-refractivity contribution in [1.29, 1.82) is 0 Å². The van der Waals surface area contributed by atoms with Gasteiger partial charge < -0.3 is 13.9 Å². The van der Waals surface area contributed by atoms with Gasteiger partial charge in [-0.1, -0.05) is 24.3 Å². The van der Waals surface area contributed by atoms with E-state index in [0.717, 1.165) is 5.56 Å². The van der Waals surface area contributed by atoms with Crippen LogP contribution in [-0.4, -0.2) is 20.1 Å². The van der Waals surface area contributed by atoms with Crippen molar-refractivity contribution in [3.63, 3.8) is 0 Å². The minimum Gasteiger partial charge on any atom is -0.497 e. The fourth-order valence-corrected chi connectivity index (χ4v) is 3.38. The van der Waals surface area contributed by atoms with Gasteiger partial charge in [0.05, 0.1) is 25.2 Å². The molecule has 0 radical (unpaired) electrons. The van der Waals surface area contributed by atoms with Gasteiger partial charge in [-0.3, -0.25) is 14.9 Å². The fourth-order valence-electron chi connectivity index (χ4n) is 3.38. The number of carbonyl (C=O) groups excluding carboxylic acids is 1. The molecular weight excluding hydrogens is 394 g/mol. The molecule has 0 saturated heterocycles. The van der Waals surface area contributed by atoms with Gasteiger partial charge in [0.15, 0.2) is 0 Å². The van der Waals surface area contributed by atoms with Gasteiger partial charge in [-0.2, -0.15) is 0 Å².